The number of hydrogen-bond acceptors (Lipinski definition) is 1. The molecule has 1 nitrogen and oxygen atoms in total. The van der Waals surface area contributed by atoms with Gasteiger partial charge in [0.05, 0.1) is 0 Å². The highest BCUT2D eigenvalue weighted by molar-refractivity contribution is 6.30. The molecule has 108 valence electrons. The van der Waals surface area contributed by atoms with Crippen LogP contribution in [0.3, 0.4) is 0 Å². The Morgan fingerprint density at radius 1 is 1.10 bits per heavy atom. The highest BCUT2D eigenvalue weighted by Gasteiger charge is 2.54. The van der Waals surface area contributed by atoms with Gasteiger partial charge in [-0.3, -0.25) is 4.98 Å². The summed E-state index contributed by atoms with van der Waals surface area (Å²) in [5.41, 5.74) is 5.04. The van der Waals surface area contributed by atoms with Crippen LogP contribution in [0.4, 0.5) is 0 Å². The zero-order valence-electron chi connectivity index (χ0n) is 12.6. The van der Waals surface area contributed by atoms with E-state index in [9.17, 15) is 0 Å². The van der Waals surface area contributed by atoms with Crippen LogP contribution in [0.15, 0.2) is 42.7 Å². The highest BCUT2D eigenvalue weighted by atomic mass is 35.5. The lowest BCUT2D eigenvalue weighted by Gasteiger charge is -2.17. The number of halogens is 1. The van der Waals surface area contributed by atoms with Crippen molar-refractivity contribution in [2.75, 3.05) is 0 Å². The fourth-order valence-corrected chi connectivity index (χ4v) is 3.76. The van der Waals surface area contributed by atoms with Gasteiger partial charge in [-0.05, 0) is 70.9 Å². The molecule has 2 fully saturated rings. The fraction of sp³-hybridized carbons (Fsp3) is 0.421. The van der Waals surface area contributed by atoms with Crippen molar-refractivity contribution in [1.82, 2.24) is 4.98 Å². The van der Waals surface area contributed by atoms with Crippen molar-refractivity contribution < 1.29 is 0 Å². The Morgan fingerprint density at radius 2 is 1.81 bits per heavy atom. The summed E-state index contributed by atoms with van der Waals surface area (Å²) in [6, 6.07) is 10.6. The van der Waals surface area contributed by atoms with Gasteiger partial charge in [0.2, 0.25) is 0 Å². The monoisotopic (exact) mass is 297 g/mol. The fourth-order valence-electron chi connectivity index (χ4n) is 3.64. The van der Waals surface area contributed by atoms with Crippen LogP contribution in [0.5, 0.6) is 0 Å². The molecule has 0 spiro atoms. The van der Waals surface area contributed by atoms with E-state index in [0.29, 0.717) is 11.3 Å². The molecule has 2 aromatic rings. The van der Waals surface area contributed by atoms with Gasteiger partial charge in [0.1, 0.15) is 0 Å². The maximum Gasteiger partial charge on any atom is 0.0406 e. The standard InChI is InChI=1S/C19H20ClN/c1-18(8-9-18)17-12-21-10-7-15(17)16-11-19(16,2)13-3-5-14(20)6-4-13/h3-7,10,12,16H,8-9,11H2,1-2H3. The second kappa shape index (κ2) is 4.33. The summed E-state index contributed by atoms with van der Waals surface area (Å²) in [6.07, 6.45) is 7.88. The van der Waals surface area contributed by atoms with Gasteiger partial charge in [-0.2, -0.15) is 0 Å². The van der Waals surface area contributed by atoms with E-state index < -0.39 is 0 Å². The Labute approximate surface area is 131 Å². The van der Waals surface area contributed by atoms with Gasteiger partial charge < -0.3 is 0 Å². The molecule has 0 aliphatic heterocycles. The van der Waals surface area contributed by atoms with Crippen molar-refractivity contribution in [2.24, 2.45) is 0 Å². The van der Waals surface area contributed by atoms with E-state index in [4.69, 9.17) is 11.6 Å². The predicted octanol–water partition coefficient (Wildman–Crippen LogP) is 5.23. The summed E-state index contributed by atoms with van der Waals surface area (Å²) in [5.74, 6) is 0.620. The molecule has 1 heterocycles. The second-order valence-electron chi connectivity index (χ2n) is 7.20. The Kier molecular flexibility index (Phi) is 2.75. The van der Waals surface area contributed by atoms with Crippen molar-refractivity contribution in [2.45, 2.75) is 49.9 Å². The number of aromatic nitrogens is 1. The maximum absolute atomic E-state index is 6.02. The van der Waals surface area contributed by atoms with Crippen LogP contribution in [-0.2, 0) is 10.8 Å². The molecule has 4 rings (SSSR count). The van der Waals surface area contributed by atoms with Gasteiger partial charge in [-0.25, -0.2) is 0 Å². The second-order valence-corrected chi connectivity index (χ2v) is 7.64. The molecule has 21 heavy (non-hydrogen) atoms. The first-order valence-corrected chi connectivity index (χ1v) is 8.11. The van der Waals surface area contributed by atoms with Crippen molar-refractivity contribution >= 4 is 11.6 Å². The molecule has 0 amide bonds. The molecule has 2 aliphatic rings. The first kappa shape index (κ1) is 13.3. The average Bonchev–Trinajstić information content (AvgIpc) is 3.39. The smallest absolute Gasteiger partial charge is 0.0406 e. The third kappa shape index (κ3) is 2.10. The van der Waals surface area contributed by atoms with Crippen LogP contribution in [-0.4, -0.2) is 4.98 Å². The van der Waals surface area contributed by atoms with Crippen LogP contribution in [0.2, 0.25) is 5.02 Å². The minimum Gasteiger partial charge on any atom is -0.264 e. The minimum atomic E-state index is 0.256. The molecule has 0 radical (unpaired) electrons. The van der Waals surface area contributed by atoms with Gasteiger partial charge in [0.25, 0.3) is 0 Å². The number of benzene rings is 1. The molecule has 2 saturated carbocycles. The maximum atomic E-state index is 6.02. The molecular weight excluding hydrogens is 278 g/mol. The summed E-state index contributed by atoms with van der Waals surface area (Å²) < 4.78 is 0. The lowest BCUT2D eigenvalue weighted by atomic mass is 9.87. The lowest BCUT2D eigenvalue weighted by molar-refractivity contribution is 0.718. The molecule has 1 aromatic carbocycles. The predicted molar refractivity (Wildman–Crippen MR) is 87.0 cm³/mol. The quantitative estimate of drug-likeness (QED) is 0.756. The topological polar surface area (TPSA) is 12.9 Å². The molecule has 2 unspecified atom stereocenters. The molecule has 1 aromatic heterocycles. The number of hydrogen-bond donors (Lipinski definition) is 0. The number of rotatable bonds is 3. The Hall–Kier alpha value is -1.34. The van der Waals surface area contributed by atoms with Crippen LogP contribution >= 0.6 is 11.6 Å². The first-order chi connectivity index (χ1) is 10.0. The van der Waals surface area contributed by atoms with Crippen LogP contribution in [0.1, 0.15) is 55.7 Å². The zero-order valence-corrected chi connectivity index (χ0v) is 13.3. The van der Waals surface area contributed by atoms with E-state index in [1.807, 2.05) is 18.3 Å². The largest absolute Gasteiger partial charge is 0.264 e. The molecule has 0 saturated heterocycles. The number of pyridine rings is 1. The van der Waals surface area contributed by atoms with E-state index >= 15 is 0 Å². The van der Waals surface area contributed by atoms with Gasteiger partial charge in [-0.15, -0.1) is 0 Å². The van der Waals surface area contributed by atoms with Crippen molar-refractivity contribution in [3.8, 4) is 0 Å². The van der Waals surface area contributed by atoms with Crippen molar-refractivity contribution in [1.29, 1.82) is 0 Å². The molecular formula is C19H20ClN. The van der Waals surface area contributed by atoms with E-state index in [0.717, 1.165) is 5.02 Å². The Bertz CT molecular complexity index is 687. The lowest BCUT2D eigenvalue weighted by Crippen LogP contribution is -2.09. The van der Waals surface area contributed by atoms with Crippen LogP contribution in [0.25, 0.3) is 0 Å². The summed E-state index contributed by atoms with van der Waals surface area (Å²) in [6.45, 7) is 4.75. The van der Waals surface area contributed by atoms with Gasteiger partial charge >= 0.3 is 0 Å². The first-order valence-electron chi connectivity index (χ1n) is 7.73. The van der Waals surface area contributed by atoms with Gasteiger partial charge in [-0.1, -0.05) is 37.6 Å². The van der Waals surface area contributed by atoms with Crippen molar-refractivity contribution in [3.05, 3.63) is 64.4 Å². The molecule has 2 atom stereocenters. The van der Waals surface area contributed by atoms with E-state index in [2.05, 4.69) is 43.2 Å². The highest BCUT2D eigenvalue weighted by Crippen LogP contribution is 2.63. The summed E-state index contributed by atoms with van der Waals surface area (Å²) in [5, 5.41) is 0.814. The Balaban J connectivity index is 1.69. The summed E-state index contributed by atoms with van der Waals surface area (Å²) in [4.78, 5) is 4.38. The third-order valence-corrected chi connectivity index (χ3v) is 5.87. The zero-order chi connectivity index (χ0) is 14.7. The minimum absolute atomic E-state index is 0.256. The van der Waals surface area contributed by atoms with E-state index in [1.54, 1.807) is 0 Å². The van der Waals surface area contributed by atoms with Gasteiger partial charge in [0, 0.05) is 17.4 Å². The third-order valence-electron chi connectivity index (χ3n) is 5.62. The van der Waals surface area contributed by atoms with E-state index in [1.165, 1.54) is 36.0 Å². The SMILES string of the molecule is CC1(c2cnccc2C2CC2(C)c2ccc(Cl)cc2)CC1. The number of nitrogens with zero attached hydrogens (tertiary/aromatic N) is 1. The molecule has 2 heteroatoms. The molecule has 0 bridgehead atoms. The average molecular weight is 298 g/mol. The van der Waals surface area contributed by atoms with Crippen LogP contribution < -0.4 is 0 Å². The molecule has 0 N–H and O–H groups in total. The van der Waals surface area contributed by atoms with Crippen molar-refractivity contribution in [3.63, 3.8) is 0 Å². The summed E-state index contributed by atoms with van der Waals surface area (Å²) in [7, 11) is 0. The van der Waals surface area contributed by atoms with Gasteiger partial charge in [0.15, 0.2) is 0 Å². The normalized spacial score (nSPS) is 29.2. The summed E-state index contributed by atoms with van der Waals surface area (Å²) >= 11 is 6.02. The van der Waals surface area contributed by atoms with E-state index in [-0.39, 0.29) is 5.41 Å². The molecule has 2 aliphatic carbocycles. The van der Waals surface area contributed by atoms with Crippen LogP contribution in [0, 0.1) is 0 Å². The Morgan fingerprint density at radius 3 is 2.48 bits per heavy atom.